The number of alkyl carbamates (subject to hydrolysis) is 1. The summed E-state index contributed by atoms with van der Waals surface area (Å²) >= 11 is 0. The third kappa shape index (κ3) is 6.15. The molecule has 1 aromatic heterocycles. The summed E-state index contributed by atoms with van der Waals surface area (Å²) in [5.41, 5.74) is 3.26. The van der Waals surface area contributed by atoms with Crippen molar-refractivity contribution in [3.05, 3.63) is 88.3 Å². The smallest absolute Gasteiger partial charge is 0.413 e. The van der Waals surface area contributed by atoms with E-state index in [2.05, 4.69) is 20.6 Å². The van der Waals surface area contributed by atoms with Crippen LogP contribution in [0.25, 0.3) is 22.2 Å². The lowest BCUT2D eigenvalue weighted by Gasteiger charge is -2.20. The predicted molar refractivity (Wildman–Crippen MR) is 150 cm³/mol. The highest BCUT2D eigenvalue weighted by Crippen LogP contribution is 2.29. The molecule has 0 saturated carbocycles. The monoisotopic (exact) mass is 543 g/mol. The number of amides is 2. The Morgan fingerprint density at radius 2 is 1.70 bits per heavy atom. The molecule has 1 heterocycles. The standard InChI is InChI=1S/C29H29N5O6/c1-5-39-27-30-23-12-8-11-22(26(35)33-38)24(23)34(27)17-18-13-15-19(16-14-18)20-9-6-7-10-21(20)25(32-37)31-28(36)40-29(2,3)4/h6-16,37H,5,17H2,1-4H3,(H,31,32,36). The van der Waals surface area contributed by atoms with Crippen LogP contribution in [0.15, 0.2) is 77.1 Å². The highest BCUT2D eigenvalue weighted by molar-refractivity contribution is 6.10. The zero-order chi connectivity index (χ0) is 28.9. The predicted octanol–water partition coefficient (Wildman–Crippen LogP) is 5.72. The van der Waals surface area contributed by atoms with E-state index in [0.717, 1.165) is 11.1 Å². The number of aromatic nitrogens is 2. The number of imidazole rings is 1. The maximum atomic E-state index is 12.3. The van der Waals surface area contributed by atoms with Crippen molar-refractivity contribution in [2.45, 2.75) is 39.8 Å². The van der Waals surface area contributed by atoms with Gasteiger partial charge in [0.1, 0.15) is 5.60 Å². The fraction of sp³-hybridized carbons (Fsp3) is 0.241. The second-order valence-electron chi connectivity index (χ2n) is 9.80. The summed E-state index contributed by atoms with van der Waals surface area (Å²) in [5.74, 6) is -0.941. The molecule has 0 radical (unpaired) electrons. The van der Waals surface area contributed by atoms with Crippen molar-refractivity contribution in [3.63, 3.8) is 0 Å². The summed E-state index contributed by atoms with van der Waals surface area (Å²) in [6, 6.07) is 20.0. The van der Waals surface area contributed by atoms with E-state index >= 15 is 0 Å². The van der Waals surface area contributed by atoms with Gasteiger partial charge in [0.25, 0.3) is 6.01 Å². The molecule has 2 N–H and O–H groups in total. The van der Waals surface area contributed by atoms with E-state index in [0.29, 0.717) is 41.3 Å². The third-order valence-electron chi connectivity index (χ3n) is 5.83. The third-order valence-corrected chi connectivity index (χ3v) is 5.83. The SMILES string of the molecule is CCOc1nc2cccc(C(=O)N=O)c2n1Cc1ccc(-c2ccccc2/C(=N/O)NC(=O)OC(C)(C)C)cc1. The van der Waals surface area contributed by atoms with Gasteiger partial charge in [-0.1, -0.05) is 59.8 Å². The van der Waals surface area contributed by atoms with E-state index in [1.54, 1.807) is 49.6 Å². The van der Waals surface area contributed by atoms with Crippen molar-refractivity contribution in [2.75, 3.05) is 6.61 Å². The second kappa shape index (κ2) is 11.8. The first-order valence-electron chi connectivity index (χ1n) is 12.6. The van der Waals surface area contributed by atoms with Gasteiger partial charge in [0.2, 0.25) is 0 Å². The zero-order valence-electron chi connectivity index (χ0n) is 22.5. The molecule has 3 aromatic carbocycles. The number of hydrogen-bond donors (Lipinski definition) is 2. The molecule has 2 amide bonds. The van der Waals surface area contributed by atoms with Crippen molar-refractivity contribution in [2.24, 2.45) is 10.3 Å². The van der Waals surface area contributed by atoms with Crippen LogP contribution in [0.2, 0.25) is 0 Å². The first-order chi connectivity index (χ1) is 19.1. The van der Waals surface area contributed by atoms with Gasteiger partial charge in [-0.2, -0.15) is 4.98 Å². The van der Waals surface area contributed by atoms with Gasteiger partial charge in [0.15, 0.2) is 5.84 Å². The normalized spacial score (nSPS) is 11.8. The summed E-state index contributed by atoms with van der Waals surface area (Å²) in [6.45, 7) is 7.70. The molecular weight excluding hydrogens is 514 g/mol. The topological polar surface area (TPSA) is 144 Å². The number of para-hydroxylation sites is 1. The number of rotatable bonds is 7. The van der Waals surface area contributed by atoms with Crippen LogP contribution < -0.4 is 10.1 Å². The van der Waals surface area contributed by atoms with Gasteiger partial charge < -0.3 is 14.7 Å². The molecule has 4 aromatic rings. The molecule has 0 saturated heterocycles. The molecule has 11 nitrogen and oxygen atoms in total. The van der Waals surface area contributed by atoms with Crippen LogP contribution in [0, 0.1) is 4.91 Å². The first-order valence-corrected chi connectivity index (χ1v) is 12.6. The molecule has 0 aliphatic heterocycles. The number of ether oxygens (including phenoxy) is 2. The summed E-state index contributed by atoms with van der Waals surface area (Å²) < 4.78 is 12.7. The lowest BCUT2D eigenvalue weighted by Crippen LogP contribution is -2.37. The summed E-state index contributed by atoms with van der Waals surface area (Å²) in [4.78, 5) is 40.1. The van der Waals surface area contributed by atoms with E-state index < -0.39 is 17.6 Å². The number of amidine groups is 1. The van der Waals surface area contributed by atoms with Gasteiger partial charge in [0, 0.05) is 10.7 Å². The number of nitroso groups, excluding NO2 is 1. The van der Waals surface area contributed by atoms with Gasteiger partial charge in [-0.3, -0.25) is 14.7 Å². The van der Waals surface area contributed by atoms with Crippen LogP contribution >= 0.6 is 0 Å². The lowest BCUT2D eigenvalue weighted by atomic mass is 9.98. The Labute approximate surface area is 230 Å². The Bertz CT molecular complexity index is 1590. The number of fused-ring (bicyclic) bond motifs is 1. The molecule has 0 bridgehead atoms. The molecule has 0 atom stereocenters. The lowest BCUT2D eigenvalue weighted by molar-refractivity contribution is 0.0561. The molecule has 0 fully saturated rings. The molecule has 0 spiro atoms. The second-order valence-corrected chi connectivity index (χ2v) is 9.80. The maximum Gasteiger partial charge on any atom is 0.413 e. The fourth-order valence-electron chi connectivity index (χ4n) is 4.23. The summed E-state index contributed by atoms with van der Waals surface area (Å²) in [6.07, 6.45) is -0.745. The van der Waals surface area contributed by atoms with Crippen molar-refractivity contribution in [1.29, 1.82) is 0 Å². The van der Waals surface area contributed by atoms with Crippen molar-refractivity contribution < 1.29 is 24.3 Å². The molecular formula is C29H29N5O6. The number of carbonyl (C=O) groups is 2. The molecule has 0 unspecified atom stereocenters. The summed E-state index contributed by atoms with van der Waals surface area (Å²) in [5, 5.41) is 18.1. The van der Waals surface area contributed by atoms with Crippen LogP contribution in [0.5, 0.6) is 6.01 Å². The minimum Gasteiger partial charge on any atom is -0.465 e. The number of benzene rings is 3. The Hall–Kier alpha value is -5.06. The zero-order valence-corrected chi connectivity index (χ0v) is 22.5. The minimum absolute atomic E-state index is 0.0545. The number of oxime groups is 1. The molecule has 0 aliphatic carbocycles. The maximum absolute atomic E-state index is 12.3. The number of nitrogens with zero attached hydrogens (tertiary/aromatic N) is 4. The fourth-order valence-corrected chi connectivity index (χ4v) is 4.23. The average molecular weight is 544 g/mol. The van der Waals surface area contributed by atoms with Crippen LogP contribution in [0.3, 0.4) is 0 Å². The highest BCUT2D eigenvalue weighted by atomic mass is 16.6. The minimum atomic E-state index is -0.886. The summed E-state index contributed by atoms with van der Waals surface area (Å²) in [7, 11) is 0. The van der Waals surface area contributed by atoms with Crippen LogP contribution in [-0.2, 0) is 11.3 Å². The van der Waals surface area contributed by atoms with Gasteiger partial charge >= 0.3 is 12.0 Å². The van der Waals surface area contributed by atoms with Crippen molar-refractivity contribution in [3.8, 4) is 17.1 Å². The average Bonchev–Trinajstić information content (AvgIpc) is 3.28. The van der Waals surface area contributed by atoms with Gasteiger partial charge in [-0.05, 0) is 56.5 Å². The first kappa shape index (κ1) is 28.0. The van der Waals surface area contributed by atoms with Crippen LogP contribution in [0.1, 0.15) is 49.2 Å². The quantitative estimate of drug-likeness (QED) is 0.0997. The molecule has 4 rings (SSSR count). The van der Waals surface area contributed by atoms with E-state index in [1.807, 2.05) is 43.3 Å². The van der Waals surface area contributed by atoms with E-state index in [9.17, 15) is 19.7 Å². The number of hydrogen-bond acceptors (Lipinski definition) is 8. The number of nitrogens with one attached hydrogen (secondary N) is 1. The molecule has 0 aliphatic rings. The number of carbonyl (C=O) groups excluding carboxylic acids is 2. The van der Waals surface area contributed by atoms with E-state index in [-0.39, 0.29) is 11.4 Å². The largest absolute Gasteiger partial charge is 0.465 e. The molecule has 11 heteroatoms. The Kier molecular flexibility index (Phi) is 8.23. The van der Waals surface area contributed by atoms with Gasteiger partial charge in [0.05, 0.1) is 29.7 Å². The highest BCUT2D eigenvalue weighted by Gasteiger charge is 2.21. The molecule has 206 valence electrons. The van der Waals surface area contributed by atoms with Crippen molar-refractivity contribution in [1.82, 2.24) is 14.9 Å². The molecule has 40 heavy (non-hydrogen) atoms. The van der Waals surface area contributed by atoms with Crippen molar-refractivity contribution >= 4 is 28.9 Å². The Morgan fingerprint density at radius 3 is 2.35 bits per heavy atom. The van der Waals surface area contributed by atoms with Gasteiger partial charge in [-0.15, -0.1) is 4.91 Å². The van der Waals surface area contributed by atoms with Gasteiger partial charge in [-0.25, -0.2) is 4.79 Å². The van der Waals surface area contributed by atoms with E-state index in [4.69, 9.17) is 9.47 Å². The van der Waals surface area contributed by atoms with Crippen LogP contribution in [-0.4, -0.2) is 44.8 Å². The Balaban J connectivity index is 1.66. The Morgan fingerprint density at radius 1 is 1.00 bits per heavy atom. The van der Waals surface area contributed by atoms with Crippen LogP contribution in [0.4, 0.5) is 4.79 Å². The van der Waals surface area contributed by atoms with E-state index in [1.165, 1.54) is 6.07 Å².